The molecule has 1 aliphatic heterocycles. The largest absolute Gasteiger partial charge is 0.303 e. The van der Waals surface area contributed by atoms with Crippen molar-refractivity contribution in [1.82, 2.24) is 20.1 Å². The van der Waals surface area contributed by atoms with E-state index in [1.807, 2.05) is 23.1 Å². The lowest BCUT2D eigenvalue weighted by Gasteiger charge is -2.23. The summed E-state index contributed by atoms with van der Waals surface area (Å²) >= 11 is 1.87. The van der Waals surface area contributed by atoms with Gasteiger partial charge in [0.1, 0.15) is 5.82 Å². The second-order valence-corrected chi connectivity index (χ2v) is 7.22. The van der Waals surface area contributed by atoms with Gasteiger partial charge in [0.25, 0.3) is 0 Å². The van der Waals surface area contributed by atoms with Crippen molar-refractivity contribution in [3.05, 3.63) is 33.5 Å². The van der Waals surface area contributed by atoms with Crippen molar-refractivity contribution in [3.63, 3.8) is 0 Å². The predicted octanol–water partition coefficient (Wildman–Crippen LogP) is 3.16. The maximum Gasteiger partial charge on any atom is 0.154 e. The molecule has 1 aliphatic carbocycles. The average molecular weight is 302 g/mol. The molecule has 0 saturated heterocycles. The van der Waals surface area contributed by atoms with Crippen molar-refractivity contribution in [2.75, 3.05) is 6.54 Å². The number of hydrogen-bond acceptors (Lipinski definition) is 4. The van der Waals surface area contributed by atoms with Crippen LogP contribution in [0.25, 0.3) is 0 Å². The van der Waals surface area contributed by atoms with E-state index in [9.17, 15) is 0 Å². The molecule has 21 heavy (non-hydrogen) atoms. The van der Waals surface area contributed by atoms with Crippen LogP contribution >= 0.6 is 11.3 Å². The fourth-order valence-electron chi connectivity index (χ4n) is 3.68. The van der Waals surface area contributed by atoms with Gasteiger partial charge in [0.2, 0.25) is 0 Å². The molecule has 2 aliphatic rings. The zero-order valence-corrected chi connectivity index (χ0v) is 13.3. The Morgan fingerprint density at radius 2 is 2.14 bits per heavy atom. The van der Waals surface area contributed by atoms with Gasteiger partial charge in [-0.25, -0.2) is 4.98 Å². The zero-order chi connectivity index (χ0) is 14.2. The Bertz CT molecular complexity index is 624. The Labute approximate surface area is 129 Å². The Kier molecular flexibility index (Phi) is 3.55. The molecule has 0 radical (unpaired) electrons. The van der Waals surface area contributed by atoms with Gasteiger partial charge in [0.05, 0.1) is 6.04 Å². The van der Waals surface area contributed by atoms with Crippen LogP contribution in [0.3, 0.4) is 0 Å². The second kappa shape index (κ2) is 5.54. The Morgan fingerprint density at radius 3 is 3.00 bits per heavy atom. The molecule has 1 fully saturated rings. The summed E-state index contributed by atoms with van der Waals surface area (Å²) in [4.78, 5) is 6.43. The maximum atomic E-state index is 4.93. The highest BCUT2D eigenvalue weighted by atomic mass is 32.1. The van der Waals surface area contributed by atoms with Crippen molar-refractivity contribution < 1.29 is 0 Å². The van der Waals surface area contributed by atoms with E-state index >= 15 is 0 Å². The van der Waals surface area contributed by atoms with Gasteiger partial charge in [-0.2, -0.15) is 5.10 Å². The summed E-state index contributed by atoms with van der Waals surface area (Å²) in [5.74, 6) is 2.72. The van der Waals surface area contributed by atoms with Gasteiger partial charge < -0.3 is 5.32 Å². The highest BCUT2D eigenvalue weighted by Crippen LogP contribution is 2.34. The number of aryl methyl sites for hydroxylation is 1. The Morgan fingerprint density at radius 1 is 1.29 bits per heavy atom. The van der Waals surface area contributed by atoms with E-state index in [4.69, 9.17) is 10.1 Å². The first-order valence-electron chi connectivity index (χ1n) is 8.03. The van der Waals surface area contributed by atoms with Crippen molar-refractivity contribution >= 4 is 11.3 Å². The van der Waals surface area contributed by atoms with Crippen molar-refractivity contribution in [2.24, 2.45) is 7.05 Å². The van der Waals surface area contributed by atoms with E-state index in [0.29, 0.717) is 5.92 Å². The first-order valence-corrected chi connectivity index (χ1v) is 8.91. The summed E-state index contributed by atoms with van der Waals surface area (Å²) in [6.45, 7) is 1.03. The van der Waals surface area contributed by atoms with Gasteiger partial charge in [-0.15, -0.1) is 11.3 Å². The summed E-state index contributed by atoms with van der Waals surface area (Å²) in [5.41, 5.74) is 1.40. The lowest BCUT2D eigenvalue weighted by atomic mass is 9.89. The lowest BCUT2D eigenvalue weighted by Crippen LogP contribution is -2.31. The summed E-state index contributed by atoms with van der Waals surface area (Å²) in [5, 5.41) is 10.6. The van der Waals surface area contributed by atoms with Gasteiger partial charge >= 0.3 is 0 Å². The highest BCUT2D eigenvalue weighted by molar-refractivity contribution is 7.10. The quantitative estimate of drug-likeness (QED) is 0.926. The molecular formula is C16H22N4S. The summed E-state index contributed by atoms with van der Waals surface area (Å²) in [6, 6.07) is 2.46. The molecule has 0 bridgehead atoms. The first-order chi connectivity index (χ1) is 10.3. The van der Waals surface area contributed by atoms with E-state index in [1.54, 1.807) is 0 Å². The molecule has 0 spiro atoms. The summed E-state index contributed by atoms with van der Waals surface area (Å²) in [6.07, 6.45) is 7.68. The van der Waals surface area contributed by atoms with Gasteiger partial charge in [0.15, 0.2) is 5.82 Å². The molecule has 4 rings (SSSR count). The van der Waals surface area contributed by atoms with E-state index in [1.165, 1.54) is 42.5 Å². The van der Waals surface area contributed by atoms with E-state index < -0.39 is 0 Å². The molecule has 0 amide bonds. The Balaban J connectivity index is 1.66. The third-order valence-corrected chi connectivity index (χ3v) is 5.83. The standard InChI is InChI=1S/C16H22N4S/c1-20-16(14-12-8-10-21-13(12)7-9-17-14)18-15(19-20)11-5-3-2-4-6-11/h8,10-11,14,17H,2-7,9H2,1H3. The molecule has 3 heterocycles. The SMILES string of the molecule is Cn1nc(C2CCCCC2)nc1C1NCCc2sccc21. The molecule has 2 aromatic heterocycles. The van der Waals surface area contributed by atoms with Crippen LogP contribution in [0.4, 0.5) is 0 Å². The smallest absolute Gasteiger partial charge is 0.154 e. The number of nitrogens with zero attached hydrogens (tertiary/aromatic N) is 3. The van der Waals surface area contributed by atoms with Gasteiger partial charge in [0, 0.05) is 24.4 Å². The average Bonchev–Trinajstić information content (AvgIpc) is 3.14. The van der Waals surface area contributed by atoms with Gasteiger partial charge in [-0.3, -0.25) is 4.68 Å². The number of fused-ring (bicyclic) bond motifs is 1. The summed E-state index contributed by atoms with van der Waals surface area (Å²) < 4.78 is 1.99. The number of nitrogens with one attached hydrogen (secondary N) is 1. The van der Waals surface area contributed by atoms with Crippen LogP contribution in [0.1, 0.15) is 66.2 Å². The van der Waals surface area contributed by atoms with Crippen LogP contribution in [-0.4, -0.2) is 21.3 Å². The topological polar surface area (TPSA) is 42.7 Å². The number of hydrogen-bond donors (Lipinski definition) is 1. The van der Waals surface area contributed by atoms with Crippen LogP contribution < -0.4 is 5.32 Å². The normalized spacial score (nSPS) is 23.2. The lowest BCUT2D eigenvalue weighted by molar-refractivity contribution is 0.427. The minimum Gasteiger partial charge on any atom is -0.303 e. The number of thiophene rings is 1. The second-order valence-electron chi connectivity index (χ2n) is 6.22. The highest BCUT2D eigenvalue weighted by Gasteiger charge is 2.28. The van der Waals surface area contributed by atoms with Crippen molar-refractivity contribution in [2.45, 2.75) is 50.5 Å². The van der Waals surface area contributed by atoms with Crippen LogP contribution in [0.15, 0.2) is 11.4 Å². The maximum absolute atomic E-state index is 4.93. The fraction of sp³-hybridized carbons (Fsp3) is 0.625. The van der Waals surface area contributed by atoms with Crippen LogP contribution in [0.2, 0.25) is 0 Å². The molecule has 1 saturated carbocycles. The van der Waals surface area contributed by atoms with Crippen LogP contribution in [-0.2, 0) is 13.5 Å². The van der Waals surface area contributed by atoms with Crippen molar-refractivity contribution in [1.29, 1.82) is 0 Å². The minimum atomic E-state index is 0.217. The monoisotopic (exact) mass is 302 g/mol. The zero-order valence-electron chi connectivity index (χ0n) is 12.5. The molecule has 4 nitrogen and oxygen atoms in total. The Hall–Kier alpha value is -1.20. The van der Waals surface area contributed by atoms with Crippen LogP contribution in [0.5, 0.6) is 0 Å². The van der Waals surface area contributed by atoms with E-state index in [0.717, 1.165) is 24.6 Å². The number of aromatic nitrogens is 3. The molecule has 0 aromatic carbocycles. The van der Waals surface area contributed by atoms with Gasteiger partial charge in [-0.1, -0.05) is 19.3 Å². The van der Waals surface area contributed by atoms with Crippen LogP contribution in [0, 0.1) is 0 Å². The fourth-order valence-corrected chi connectivity index (χ4v) is 4.60. The predicted molar refractivity (Wildman–Crippen MR) is 84.7 cm³/mol. The molecular weight excluding hydrogens is 280 g/mol. The third kappa shape index (κ3) is 2.42. The minimum absolute atomic E-state index is 0.217. The molecule has 1 atom stereocenters. The molecule has 2 aromatic rings. The van der Waals surface area contributed by atoms with E-state index in [2.05, 4.69) is 16.8 Å². The van der Waals surface area contributed by atoms with E-state index in [-0.39, 0.29) is 6.04 Å². The van der Waals surface area contributed by atoms with Crippen molar-refractivity contribution in [3.8, 4) is 0 Å². The molecule has 1 unspecified atom stereocenters. The molecule has 112 valence electrons. The third-order valence-electron chi connectivity index (χ3n) is 4.83. The molecule has 5 heteroatoms. The molecule has 1 N–H and O–H groups in total. The van der Waals surface area contributed by atoms with Gasteiger partial charge in [-0.05, 0) is 36.3 Å². The number of rotatable bonds is 2. The summed E-state index contributed by atoms with van der Waals surface area (Å²) in [7, 11) is 2.04. The first kappa shape index (κ1) is 13.5.